The van der Waals surface area contributed by atoms with Crippen molar-refractivity contribution in [3.05, 3.63) is 41.3 Å². The lowest BCUT2D eigenvalue weighted by atomic mass is 9.78. The average Bonchev–Trinajstić information content (AvgIpc) is 2.44. The minimum Gasteiger partial charge on any atom is -0.377 e. The molecule has 1 aromatic heterocycles. The van der Waals surface area contributed by atoms with Crippen LogP contribution in [-0.4, -0.2) is 24.1 Å². The summed E-state index contributed by atoms with van der Waals surface area (Å²) in [6, 6.07) is 4.19. The van der Waals surface area contributed by atoms with Crippen LogP contribution in [0.25, 0.3) is 10.9 Å². The molecule has 1 aromatic carbocycles. The molecule has 1 unspecified atom stereocenters. The Hall–Kier alpha value is -1.61. The Balaban J connectivity index is 2.86. The molecule has 1 atom stereocenters. The van der Waals surface area contributed by atoms with Crippen molar-refractivity contribution in [2.45, 2.75) is 32.6 Å². The number of halogens is 1. The van der Waals surface area contributed by atoms with E-state index in [0.717, 1.165) is 23.0 Å². The third-order valence-electron chi connectivity index (χ3n) is 4.16. The number of rotatable bonds is 4. The van der Waals surface area contributed by atoms with Crippen molar-refractivity contribution in [2.75, 3.05) is 19.0 Å². The highest BCUT2D eigenvalue weighted by Crippen LogP contribution is 2.38. The molecule has 0 N–H and O–H groups in total. The summed E-state index contributed by atoms with van der Waals surface area (Å²) in [5.74, 6) is 0.688. The summed E-state index contributed by atoms with van der Waals surface area (Å²) >= 11 is 6.28. The van der Waals surface area contributed by atoms with Gasteiger partial charge >= 0.3 is 0 Å². The van der Waals surface area contributed by atoms with Gasteiger partial charge in [-0.05, 0) is 31.0 Å². The fourth-order valence-corrected chi connectivity index (χ4v) is 2.78. The Morgan fingerprint density at radius 3 is 2.52 bits per heavy atom. The highest BCUT2D eigenvalue weighted by molar-refractivity contribution is 6.34. The van der Waals surface area contributed by atoms with Crippen LogP contribution >= 0.6 is 11.6 Å². The first-order valence-electron chi connectivity index (χ1n) is 7.11. The predicted molar refractivity (Wildman–Crippen MR) is 91.5 cm³/mol. The molecule has 112 valence electrons. The van der Waals surface area contributed by atoms with E-state index in [1.807, 2.05) is 27.1 Å². The van der Waals surface area contributed by atoms with Gasteiger partial charge in [0, 0.05) is 30.6 Å². The van der Waals surface area contributed by atoms with Gasteiger partial charge in [-0.1, -0.05) is 31.5 Å². The van der Waals surface area contributed by atoms with Gasteiger partial charge < -0.3 is 4.90 Å². The molecule has 0 bridgehead atoms. The van der Waals surface area contributed by atoms with E-state index in [1.54, 1.807) is 0 Å². The number of anilines is 1. The van der Waals surface area contributed by atoms with E-state index in [9.17, 15) is 0 Å². The molecule has 4 heteroatoms. The highest BCUT2D eigenvalue weighted by Gasteiger charge is 2.26. The van der Waals surface area contributed by atoms with Gasteiger partial charge in [0.15, 0.2) is 0 Å². The van der Waals surface area contributed by atoms with E-state index in [-0.39, 0.29) is 5.41 Å². The summed E-state index contributed by atoms with van der Waals surface area (Å²) < 4.78 is 0. The van der Waals surface area contributed by atoms with Crippen LogP contribution in [-0.2, 0) is 5.41 Å². The number of aryl methyl sites for hydroxylation is 1. The number of benzene rings is 1. The summed E-state index contributed by atoms with van der Waals surface area (Å²) in [5.41, 5.74) is 3.13. The van der Waals surface area contributed by atoms with Crippen LogP contribution in [0.1, 0.15) is 31.7 Å². The van der Waals surface area contributed by atoms with Gasteiger partial charge in [-0.25, -0.2) is 9.97 Å². The van der Waals surface area contributed by atoms with E-state index in [0.29, 0.717) is 11.0 Å². The molecule has 21 heavy (non-hydrogen) atoms. The maximum absolute atomic E-state index is 6.28. The first-order chi connectivity index (χ1) is 9.82. The number of nitrogens with zero attached hydrogens (tertiary/aromatic N) is 3. The summed E-state index contributed by atoms with van der Waals surface area (Å²) in [6.07, 6.45) is 2.98. The molecule has 0 aliphatic rings. The van der Waals surface area contributed by atoms with Crippen LogP contribution in [0.15, 0.2) is 24.8 Å². The Kier molecular flexibility index (Phi) is 4.24. The lowest BCUT2D eigenvalue weighted by Gasteiger charge is -2.30. The van der Waals surface area contributed by atoms with Crippen LogP contribution in [0.3, 0.4) is 0 Å². The van der Waals surface area contributed by atoms with E-state index in [1.165, 1.54) is 5.56 Å². The van der Waals surface area contributed by atoms with Crippen molar-refractivity contribution < 1.29 is 0 Å². The SMILES string of the molecule is C=CC(C)(CC)c1cc2nc(C)nc(Cl)c2cc1N(C)C. The Morgan fingerprint density at radius 2 is 2.00 bits per heavy atom. The van der Waals surface area contributed by atoms with Crippen molar-refractivity contribution in [1.29, 1.82) is 0 Å². The fourth-order valence-electron chi connectivity index (χ4n) is 2.51. The third-order valence-corrected chi connectivity index (χ3v) is 4.45. The molecule has 0 spiro atoms. The normalized spacial score (nSPS) is 14.0. The van der Waals surface area contributed by atoms with Crippen molar-refractivity contribution >= 4 is 28.2 Å². The highest BCUT2D eigenvalue weighted by atomic mass is 35.5. The maximum Gasteiger partial charge on any atom is 0.140 e. The molecule has 0 fully saturated rings. The molecule has 0 saturated heterocycles. The number of allylic oxidation sites excluding steroid dienone is 1. The topological polar surface area (TPSA) is 29.0 Å². The first kappa shape index (κ1) is 15.8. The minimum absolute atomic E-state index is 0.0981. The fraction of sp³-hybridized carbons (Fsp3) is 0.412. The molecule has 0 aliphatic carbocycles. The van der Waals surface area contributed by atoms with E-state index in [4.69, 9.17) is 11.6 Å². The molecular weight excluding hydrogens is 282 g/mol. The Morgan fingerprint density at radius 1 is 1.33 bits per heavy atom. The predicted octanol–water partition coefficient (Wildman–Crippen LogP) is 4.51. The molecule has 2 aromatic rings. The standard InChI is InChI=1S/C17H22ClN3/c1-7-17(4,8-2)13-10-14-12(9-15(13)21(5)6)16(18)20-11(3)19-14/h7,9-10H,1,8H2,2-6H3. The van der Waals surface area contributed by atoms with E-state index < -0.39 is 0 Å². The van der Waals surface area contributed by atoms with Gasteiger partial charge in [0.05, 0.1) is 5.52 Å². The molecule has 2 rings (SSSR count). The molecule has 0 radical (unpaired) electrons. The van der Waals surface area contributed by atoms with Crippen LogP contribution in [0.4, 0.5) is 5.69 Å². The second-order valence-electron chi connectivity index (χ2n) is 5.82. The number of aromatic nitrogens is 2. The molecule has 1 heterocycles. The van der Waals surface area contributed by atoms with Crippen LogP contribution in [0.5, 0.6) is 0 Å². The summed E-state index contributed by atoms with van der Waals surface area (Å²) in [6.45, 7) is 10.2. The number of hydrogen-bond acceptors (Lipinski definition) is 3. The van der Waals surface area contributed by atoms with Crippen LogP contribution in [0, 0.1) is 6.92 Å². The molecular formula is C17H22ClN3. The third kappa shape index (κ3) is 2.75. The summed E-state index contributed by atoms with van der Waals surface area (Å²) in [4.78, 5) is 10.9. The minimum atomic E-state index is -0.0981. The molecule has 3 nitrogen and oxygen atoms in total. The van der Waals surface area contributed by atoms with Gasteiger partial charge in [0.25, 0.3) is 0 Å². The average molecular weight is 304 g/mol. The Bertz CT molecular complexity index is 694. The van der Waals surface area contributed by atoms with Gasteiger partial charge in [-0.3, -0.25) is 0 Å². The van der Waals surface area contributed by atoms with Crippen molar-refractivity contribution in [1.82, 2.24) is 9.97 Å². The zero-order chi connectivity index (χ0) is 15.8. The molecule has 0 saturated carbocycles. The van der Waals surface area contributed by atoms with Crippen molar-refractivity contribution in [3.63, 3.8) is 0 Å². The lowest BCUT2D eigenvalue weighted by Crippen LogP contribution is -2.22. The first-order valence-corrected chi connectivity index (χ1v) is 7.49. The van der Waals surface area contributed by atoms with Gasteiger partial charge in [0.1, 0.15) is 11.0 Å². The summed E-state index contributed by atoms with van der Waals surface area (Å²) in [7, 11) is 4.07. The van der Waals surface area contributed by atoms with Crippen molar-refractivity contribution in [3.8, 4) is 0 Å². The zero-order valence-corrected chi connectivity index (χ0v) is 14.1. The second-order valence-corrected chi connectivity index (χ2v) is 6.18. The maximum atomic E-state index is 6.28. The lowest BCUT2D eigenvalue weighted by molar-refractivity contribution is 0.574. The largest absolute Gasteiger partial charge is 0.377 e. The van der Waals surface area contributed by atoms with E-state index in [2.05, 4.69) is 47.4 Å². The summed E-state index contributed by atoms with van der Waals surface area (Å²) in [5, 5.41) is 1.39. The smallest absolute Gasteiger partial charge is 0.140 e. The monoisotopic (exact) mass is 303 g/mol. The quantitative estimate of drug-likeness (QED) is 0.614. The second kappa shape index (κ2) is 5.64. The zero-order valence-electron chi connectivity index (χ0n) is 13.4. The Labute approximate surface area is 131 Å². The van der Waals surface area contributed by atoms with E-state index >= 15 is 0 Å². The molecule has 0 aliphatic heterocycles. The van der Waals surface area contributed by atoms with Crippen LogP contribution in [0.2, 0.25) is 5.15 Å². The van der Waals surface area contributed by atoms with Crippen LogP contribution < -0.4 is 4.90 Å². The molecule has 0 amide bonds. The number of hydrogen-bond donors (Lipinski definition) is 0. The van der Waals surface area contributed by atoms with Gasteiger partial charge in [-0.15, -0.1) is 6.58 Å². The van der Waals surface area contributed by atoms with Crippen molar-refractivity contribution in [2.24, 2.45) is 0 Å². The van der Waals surface area contributed by atoms with Gasteiger partial charge in [-0.2, -0.15) is 0 Å². The number of fused-ring (bicyclic) bond motifs is 1. The van der Waals surface area contributed by atoms with Gasteiger partial charge in [0.2, 0.25) is 0 Å².